The molecule has 0 bridgehead atoms. The fourth-order valence-corrected chi connectivity index (χ4v) is 2.43. The third-order valence-corrected chi connectivity index (χ3v) is 3.13. The molecule has 1 fully saturated rings. The molecule has 0 aliphatic carbocycles. The molecule has 1 atom stereocenters. The number of hydrogen-bond donors (Lipinski definition) is 0. The molecule has 1 aliphatic rings. The van der Waals surface area contributed by atoms with Crippen LogP contribution in [0.5, 0.6) is 0 Å². The Balaban J connectivity index is 2.56. The Morgan fingerprint density at radius 1 is 1.45 bits per heavy atom. The highest BCUT2D eigenvalue weighted by atomic mass is 15.1. The average molecular weight is 155 g/mol. The van der Waals surface area contributed by atoms with Gasteiger partial charge in [0.1, 0.15) is 0 Å². The van der Waals surface area contributed by atoms with E-state index in [1.54, 1.807) is 0 Å². The molecule has 0 saturated carbocycles. The van der Waals surface area contributed by atoms with Gasteiger partial charge in [-0.1, -0.05) is 27.2 Å². The highest BCUT2D eigenvalue weighted by Gasteiger charge is 2.32. The van der Waals surface area contributed by atoms with Gasteiger partial charge in [-0.05, 0) is 31.3 Å². The van der Waals surface area contributed by atoms with Crippen LogP contribution in [-0.2, 0) is 0 Å². The van der Waals surface area contributed by atoms with E-state index in [0.717, 1.165) is 5.92 Å². The second-order valence-corrected chi connectivity index (χ2v) is 4.62. The van der Waals surface area contributed by atoms with Crippen LogP contribution < -0.4 is 0 Å². The molecule has 66 valence electrons. The van der Waals surface area contributed by atoms with Gasteiger partial charge in [0.15, 0.2) is 0 Å². The molecular formula is C10H21N. The first-order valence-electron chi connectivity index (χ1n) is 4.75. The summed E-state index contributed by atoms with van der Waals surface area (Å²) in [7, 11) is 2.23. The van der Waals surface area contributed by atoms with Gasteiger partial charge in [-0.15, -0.1) is 0 Å². The van der Waals surface area contributed by atoms with Crippen LogP contribution in [-0.4, -0.2) is 25.0 Å². The number of rotatable bonds is 1. The van der Waals surface area contributed by atoms with Gasteiger partial charge in [-0.2, -0.15) is 0 Å². The highest BCUT2D eigenvalue weighted by molar-refractivity contribution is 4.84. The standard InChI is InChI=1S/C10H21N/c1-5-9-6-7-11(4)8-10(9,2)3/h9H,5-8H2,1-4H3. The monoisotopic (exact) mass is 155 g/mol. The summed E-state index contributed by atoms with van der Waals surface area (Å²) in [5.74, 6) is 0.943. The lowest BCUT2D eigenvalue weighted by Gasteiger charge is -2.42. The summed E-state index contributed by atoms with van der Waals surface area (Å²) in [5, 5.41) is 0. The molecule has 1 heterocycles. The van der Waals surface area contributed by atoms with E-state index in [1.165, 1.54) is 25.9 Å². The summed E-state index contributed by atoms with van der Waals surface area (Å²) in [6, 6.07) is 0. The van der Waals surface area contributed by atoms with Gasteiger partial charge in [0.25, 0.3) is 0 Å². The summed E-state index contributed by atoms with van der Waals surface area (Å²) in [5.41, 5.74) is 0.543. The van der Waals surface area contributed by atoms with E-state index in [4.69, 9.17) is 0 Å². The number of hydrogen-bond acceptors (Lipinski definition) is 1. The molecule has 11 heavy (non-hydrogen) atoms. The minimum atomic E-state index is 0.543. The molecule has 0 aromatic rings. The van der Waals surface area contributed by atoms with Gasteiger partial charge in [0, 0.05) is 6.54 Å². The number of nitrogens with zero attached hydrogens (tertiary/aromatic N) is 1. The van der Waals surface area contributed by atoms with Crippen LogP contribution in [0, 0.1) is 11.3 Å². The zero-order chi connectivity index (χ0) is 8.48. The van der Waals surface area contributed by atoms with Crippen LogP contribution >= 0.6 is 0 Å². The van der Waals surface area contributed by atoms with Crippen LogP contribution in [0.2, 0.25) is 0 Å². The van der Waals surface area contributed by atoms with Crippen LogP contribution in [0.1, 0.15) is 33.6 Å². The molecule has 0 amide bonds. The van der Waals surface area contributed by atoms with Gasteiger partial charge in [0.05, 0.1) is 0 Å². The molecule has 0 spiro atoms. The molecule has 1 heteroatoms. The van der Waals surface area contributed by atoms with Crippen molar-refractivity contribution in [3.8, 4) is 0 Å². The van der Waals surface area contributed by atoms with Crippen molar-refractivity contribution in [2.45, 2.75) is 33.6 Å². The van der Waals surface area contributed by atoms with Crippen molar-refractivity contribution in [2.75, 3.05) is 20.1 Å². The summed E-state index contributed by atoms with van der Waals surface area (Å²) in [6.07, 6.45) is 2.74. The van der Waals surface area contributed by atoms with Gasteiger partial charge < -0.3 is 4.90 Å². The first-order valence-corrected chi connectivity index (χ1v) is 4.75. The van der Waals surface area contributed by atoms with Crippen molar-refractivity contribution in [2.24, 2.45) is 11.3 Å². The summed E-state index contributed by atoms with van der Waals surface area (Å²) in [4.78, 5) is 2.45. The molecule has 1 aliphatic heterocycles. The zero-order valence-corrected chi connectivity index (χ0v) is 8.35. The van der Waals surface area contributed by atoms with E-state index in [0.29, 0.717) is 5.41 Å². The third kappa shape index (κ3) is 1.96. The fourth-order valence-electron chi connectivity index (χ4n) is 2.43. The molecule has 0 aromatic carbocycles. The van der Waals surface area contributed by atoms with Crippen molar-refractivity contribution in [1.29, 1.82) is 0 Å². The Hall–Kier alpha value is -0.0400. The smallest absolute Gasteiger partial charge is 0.00323 e. The fraction of sp³-hybridized carbons (Fsp3) is 1.00. The van der Waals surface area contributed by atoms with Crippen molar-refractivity contribution in [3.63, 3.8) is 0 Å². The Kier molecular flexibility index (Phi) is 2.58. The van der Waals surface area contributed by atoms with Crippen LogP contribution in [0.4, 0.5) is 0 Å². The lowest BCUT2D eigenvalue weighted by Crippen LogP contribution is -2.43. The molecule has 0 N–H and O–H groups in total. The second-order valence-electron chi connectivity index (χ2n) is 4.62. The van der Waals surface area contributed by atoms with Gasteiger partial charge >= 0.3 is 0 Å². The average Bonchev–Trinajstić information content (AvgIpc) is 1.85. The molecule has 1 rings (SSSR count). The van der Waals surface area contributed by atoms with E-state index in [-0.39, 0.29) is 0 Å². The lowest BCUT2D eigenvalue weighted by molar-refractivity contribution is 0.0696. The van der Waals surface area contributed by atoms with Crippen LogP contribution in [0.15, 0.2) is 0 Å². The van der Waals surface area contributed by atoms with E-state index in [1.807, 2.05) is 0 Å². The van der Waals surface area contributed by atoms with Gasteiger partial charge in [-0.25, -0.2) is 0 Å². The minimum Gasteiger partial charge on any atom is -0.306 e. The highest BCUT2D eigenvalue weighted by Crippen LogP contribution is 2.35. The SMILES string of the molecule is CCC1CCN(C)CC1(C)C. The first-order chi connectivity index (χ1) is 5.06. The maximum Gasteiger partial charge on any atom is 0.00323 e. The summed E-state index contributed by atoms with van der Waals surface area (Å²) < 4.78 is 0. The number of piperidine rings is 1. The maximum atomic E-state index is 2.45. The van der Waals surface area contributed by atoms with E-state index in [2.05, 4.69) is 32.7 Å². The minimum absolute atomic E-state index is 0.543. The summed E-state index contributed by atoms with van der Waals surface area (Å²) >= 11 is 0. The van der Waals surface area contributed by atoms with Crippen molar-refractivity contribution in [1.82, 2.24) is 4.90 Å². The normalized spacial score (nSPS) is 32.2. The van der Waals surface area contributed by atoms with Crippen molar-refractivity contribution < 1.29 is 0 Å². The van der Waals surface area contributed by atoms with Crippen LogP contribution in [0.25, 0.3) is 0 Å². The van der Waals surface area contributed by atoms with Gasteiger partial charge in [0.2, 0.25) is 0 Å². The third-order valence-electron chi connectivity index (χ3n) is 3.13. The molecule has 1 nitrogen and oxygen atoms in total. The Bertz CT molecular complexity index is 129. The van der Waals surface area contributed by atoms with E-state index >= 15 is 0 Å². The predicted octanol–water partition coefficient (Wildman–Crippen LogP) is 2.37. The molecular weight excluding hydrogens is 134 g/mol. The summed E-state index contributed by atoms with van der Waals surface area (Å²) in [6.45, 7) is 9.68. The number of likely N-dealkylation sites (tertiary alicyclic amines) is 1. The molecule has 1 saturated heterocycles. The first kappa shape index (κ1) is 9.05. The second kappa shape index (κ2) is 3.14. The van der Waals surface area contributed by atoms with Crippen molar-refractivity contribution >= 4 is 0 Å². The molecule has 0 aromatic heterocycles. The maximum absolute atomic E-state index is 2.45. The van der Waals surface area contributed by atoms with Crippen molar-refractivity contribution in [3.05, 3.63) is 0 Å². The topological polar surface area (TPSA) is 3.24 Å². The lowest BCUT2D eigenvalue weighted by atomic mass is 9.73. The molecule has 0 radical (unpaired) electrons. The quantitative estimate of drug-likeness (QED) is 0.562. The van der Waals surface area contributed by atoms with Gasteiger partial charge in [-0.3, -0.25) is 0 Å². The Morgan fingerprint density at radius 2 is 2.09 bits per heavy atom. The zero-order valence-electron chi connectivity index (χ0n) is 8.35. The van der Waals surface area contributed by atoms with E-state index < -0.39 is 0 Å². The largest absolute Gasteiger partial charge is 0.306 e. The molecule has 1 unspecified atom stereocenters. The Morgan fingerprint density at radius 3 is 2.55 bits per heavy atom. The Labute approximate surface area is 70.8 Å². The van der Waals surface area contributed by atoms with Crippen LogP contribution in [0.3, 0.4) is 0 Å². The predicted molar refractivity (Wildman–Crippen MR) is 49.7 cm³/mol. The van der Waals surface area contributed by atoms with E-state index in [9.17, 15) is 0 Å².